The Morgan fingerprint density at radius 2 is 1.57 bits per heavy atom. The Morgan fingerprint density at radius 1 is 1.00 bits per heavy atom. The maximum Gasteiger partial charge on any atom is 0.337 e. The topological polar surface area (TPSA) is 134 Å². The molecule has 0 saturated heterocycles. The molecule has 1 unspecified atom stereocenters. The molecule has 2 aromatic rings. The number of hydrogen-bond acceptors (Lipinski definition) is 8. The maximum absolute atomic E-state index is 12.5. The minimum absolute atomic E-state index is 0.0263. The third-order valence-electron chi connectivity index (χ3n) is 4.03. The smallest absolute Gasteiger partial charge is 0.337 e. The monoisotopic (exact) mass is 416 g/mol. The van der Waals surface area contributed by atoms with Crippen LogP contribution in [0.2, 0.25) is 0 Å². The van der Waals surface area contributed by atoms with Gasteiger partial charge in [-0.15, -0.1) is 0 Å². The number of nitrogens with zero attached hydrogens (tertiary/aromatic N) is 1. The van der Waals surface area contributed by atoms with Crippen molar-refractivity contribution in [3.05, 3.63) is 63.2 Å². The van der Waals surface area contributed by atoms with Crippen LogP contribution in [0, 0.1) is 17.0 Å². The van der Waals surface area contributed by atoms with Crippen molar-refractivity contribution in [1.82, 2.24) is 0 Å². The average Bonchev–Trinajstić information content (AvgIpc) is 2.73. The summed E-state index contributed by atoms with van der Waals surface area (Å²) in [6, 6.07) is 8.26. The average molecular weight is 416 g/mol. The molecule has 0 spiro atoms. The highest BCUT2D eigenvalue weighted by molar-refractivity contribution is 6.00. The lowest BCUT2D eigenvalue weighted by Gasteiger charge is -2.16. The van der Waals surface area contributed by atoms with Crippen molar-refractivity contribution in [1.29, 1.82) is 0 Å². The summed E-state index contributed by atoms with van der Waals surface area (Å²) >= 11 is 0. The zero-order valence-electron chi connectivity index (χ0n) is 16.8. The van der Waals surface area contributed by atoms with Gasteiger partial charge in [0.05, 0.1) is 30.3 Å². The predicted molar refractivity (Wildman–Crippen MR) is 106 cm³/mol. The maximum atomic E-state index is 12.5. The Kier molecular flexibility index (Phi) is 7.08. The molecule has 0 radical (unpaired) electrons. The van der Waals surface area contributed by atoms with Crippen LogP contribution >= 0.6 is 0 Å². The molecule has 0 aliphatic carbocycles. The van der Waals surface area contributed by atoms with E-state index in [2.05, 4.69) is 14.8 Å². The summed E-state index contributed by atoms with van der Waals surface area (Å²) in [5, 5.41) is 13.7. The molecular weight excluding hydrogens is 396 g/mol. The van der Waals surface area contributed by atoms with Crippen LogP contribution in [-0.2, 0) is 14.3 Å². The quantitative estimate of drug-likeness (QED) is 0.414. The molecule has 2 aromatic carbocycles. The number of nitro groups is 1. The van der Waals surface area contributed by atoms with Crippen molar-refractivity contribution in [2.75, 3.05) is 19.5 Å². The molecule has 1 atom stereocenters. The normalized spacial score (nSPS) is 11.2. The van der Waals surface area contributed by atoms with Crippen LogP contribution in [0.4, 0.5) is 11.4 Å². The van der Waals surface area contributed by atoms with Crippen molar-refractivity contribution in [3.63, 3.8) is 0 Å². The summed E-state index contributed by atoms with van der Waals surface area (Å²) in [4.78, 5) is 46.8. The first-order chi connectivity index (χ1) is 14.2. The molecule has 158 valence electrons. The van der Waals surface area contributed by atoms with Gasteiger partial charge < -0.3 is 19.5 Å². The van der Waals surface area contributed by atoms with E-state index < -0.39 is 28.9 Å². The highest BCUT2D eigenvalue weighted by Crippen LogP contribution is 2.29. The molecule has 10 nitrogen and oxygen atoms in total. The second-order valence-corrected chi connectivity index (χ2v) is 6.26. The molecule has 0 aliphatic heterocycles. The molecule has 1 amide bonds. The fraction of sp³-hybridized carbons (Fsp3) is 0.250. The van der Waals surface area contributed by atoms with E-state index in [-0.39, 0.29) is 28.3 Å². The SMILES string of the molecule is COC(=O)c1cc(NC(=O)C(C)Oc2ccc(C)cc2[N+](=O)[O-])cc(C(=O)OC)c1. The Balaban J connectivity index is 2.25. The number of amides is 1. The fourth-order valence-corrected chi connectivity index (χ4v) is 2.53. The van der Waals surface area contributed by atoms with Gasteiger partial charge in [-0.2, -0.15) is 0 Å². The predicted octanol–water partition coefficient (Wildman–Crippen LogP) is 2.88. The van der Waals surface area contributed by atoms with Crippen molar-refractivity contribution in [3.8, 4) is 5.75 Å². The molecule has 10 heteroatoms. The van der Waals surface area contributed by atoms with Gasteiger partial charge in [0.2, 0.25) is 0 Å². The van der Waals surface area contributed by atoms with E-state index in [0.717, 1.165) is 0 Å². The zero-order chi connectivity index (χ0) is 22.4. The molecule has 2 rings (SSSR count). The lowest BCUT2D eigenvalue weighted by atomic mass is 10.1. The Hall–Kier alpha value is -3.95. The second-order valence-electron chi connectivity index (χ2n) is 6.26. The number of ether oxygens (including phenoxy) is 3. The summed E-state index contributed by atoms with van der Waals surface area (Å²) in [6.45, 7) is 3.10. The molecule has 1 N–H and O–H groups in total. The first kappa shape index (κ1) is 22.3. The first-order valence-electron chi connectivity index (χ1n) is 8.70. The Labute approximate surface area is 171 Å². The minimum atomic E-state index is -1.12. The molecular formula is C20H20N2O8. The number of esters is 2. The summed E-state index contributed by atoms with van der Waals surface area (Å²) in [5.41, 5.74) is 0.575. The van der Waals surface area contributed by atoms with Gasteiger partial charge >= 0.3 is 17.6 Å². The number of carbonyl (C=O) groups excluding carboxylic acids is 3. The van der Waals surface area contributed by atoms with Gasteiger partial charge in [-0.1, -0.05) is 6.07 Å². The number of anilines is 1. The van der Waals surface area contributed by atoms with E-state index >= 15 is 0 Å². The Morgan fingerprint density at radius 3 is 2.07 bits per heavy atom. The Bertz CT molecular complexity index is 968. The van der Waals surface area contributed by atoms with Gasteiger partial charge in [0.1, 0.15) is 0 Å². The van der Waals surface area contributed by atoms with Crippen LogP contribution < -0.4 is 10.1 Å². The highest BCUT2D eigenvalue weighted by atomic mass is 16.6. The summed E-state index contributed by atoms with van der Waals surface area (Å²) in [5.74, 6) is -2.14. The lowest BCUT2D eigenvalue weighted by Crippen LogP contribution is -2.30. The van der Waals surface area contributed by atoms with Gasteiger partial charge in [-0.3, -0.25) is 14.9 Å². The number of nitrogens with one attached hydrogen (secondary N) is 1. The first-order valence-corrected chi connectivity index (χ1v) is 8.70. The summed E-state index contributed by atoms with van der Waals surface area (Å²) in [6.07, 6.45) is -1.12. The van der Waals surface area contributed by atoms with Crippen LogP contribution in [0.25, 0.3) is 0 Å². The number of benzene rings is 2. The van der Waals surface area contributed by atoms with Crippen LogP contribution in [-0.4, -0.2) is 43.1 Å². The van der Waals surface area contributed by atoms with Gasteiger partial charge in [-0.25, -0.2) is 9.59 Å². The van der Waals surface area contributed by atoms with Crippen LogP contribution in [0.1, 0.15) is 33.2 Å². The fourth-order valence-electron chi connectivity index (χ4n) is 2.53. The molecule has 0 fully saturated rings. The summed E-state index contributed by atoms with van der Waals surface area (Å²) < 4.78 is 14.7. The van der Waals surface area contributed by atoms with Crippen molar-refractivity contribution >= 4 is 29.2 Å². The van der Waals surface area contributed by atoms with Gasteiger partial charge in [-0.05, 0) is 43.7 Å². The van der Waals surface area contributed by atoms with E-state index in [1.54, 1.807) is 13.0 Å². The highest BCUT2D eigenvalue weighted by Gasteiger charge is 2.22. The summed E-state index contributed by atoms with van der Waals surface area (Å²) in [7, 11) is 2.35. The van der Waals surface area contributed by atoms with Crippen molar-refractivity contribution in [2.45, 2.75) is 20.0 Å². The third-order valence-corrected chi connectivity index (χ3v) is 4.03. The number of rotatable bonds is 7. The van der Waals surface area contributed by atoms with E-state index in [9.17, 15) is 24.5 Å². The molecule has 0 bridgehead atoms. The standard InChI is InChI=1S/C20H20N2O8/c1-11-5-6-17(16(7-11)22(26)27)30-12(2)18(23)21-15-9-13(19(24)28-3)8-14(10-15)20(25)29-4/h5-10,12H,1-4H3,(H,21,23). The van der Waals surface area contributed by atoms with Crippen LogP contribution in [0.3, 0.4) is 0 Å². The lowest BCUT2D eigenvalue weighted by molar-refractivity contribution is -0.386. The number of nitro benzene ring substituents is 1. The zero-order valence-corrected chi connectivity index (χ0v) is 16.8. The second kappa shape index (κ2) is 9.50. The molecule has 0 aliphatic rings. The van der Waals surface area contributed by atoms with Crippen LogP contribution in [0.15, 0.2) is 36.4 Å². The van der Waals surface area contributed by atoms with E-state index in [1.807, 2.05) is 0 Å². The number of carbonyl (C=O) groups is 3. The van der Waals surface area contributed by atoms with E-state index in [0.29, 0.717) is 5.56 Å². The largest absolute Gasteiger partial charge is 0.474 e. The van der Waals surface area contributed by atoms with E-state index in [4.69, 9.17) is 4.74 Å². The van der Waals surface area contributed by atoms with Gasteiger partial charge in [0, 0.05) is 11.8 Å². The number of methoxy groups -OCH3 is 2. The minimum Gasteiger partial charge on any atom is -0.474 e. The van der Waals surface area contributed by atoms with Gasteiger partial charge in [0.25, 0.3) is 5.91 Å². The number of aryl methyl sites for hydroxylation is 1. The molecule has 0 saturated carbocycles. The molecule has 0 heterocycles. The molecule has 30 heavy (non-hydrogen) atoms. The van der Waals surface area contributed by atoms with Gasteiger partial charge in [0.15, 0.2) is 11.9 Å². The van der Waals surface area contributed by atoms with E-state index in [1.165, 1.54) is 51.5 Å². The van der Waals surface area contributed by atoms with Crippen LogP contribution in [0.5, 0.6) is 5.75 Å². The van der Waals surface area contributed by atoms with Crippen molar-refractivity contribution in [2.24, 2.45) is 0 Å². The number of hydrogen-bond donors (Lipinski definition) is 1. The molecule has 0 aromatic heterocycles. The third kappa shape index (κ3) is 5.31. The van der Waals surface area contributed by atoms with Crippen molar-refractivity contribution < 1.29 is 33.5 Å².